The van der Waals surface area contributed by atoms with Crippen LogP contribution in [0.1, 0.15) is 27.9 Å². The highest BCUT2D eigenvalue weighted by molar-refractivity contribution is 6.08. The van der Waals surface area contributed by atoms with E-state index in [9.17, 15) is 9.90 Å². The van der Waals surface area contributed by atoms with E-state index in [4.69, 9.17) is 5.73 Å². The Kier molecular flexibility index (Phi) is 3.29. The molecule has 4 heteroatoms. The molecule has 2 aromatic carbocycles. The second-order valence-electron chi connectivity index (χ2n) is 5.35. The second-order valence-corrected chi connectivity index (χ2v) is 5.35. The number of nitrogen functional groups attached to an aromatic ring is 1. The van der Waals surface area contributed by atoms with Crippen molar-refractivity contribution in [1.29, 1.82) is 0 Å². The van der Waals surface area contributed by atoms with Crippen LogP contribution >= 0.6 is 0 Å². The van der Waals surface area contributed by atoms with Gasteiger partial charge in [0, 0.05) is 29.0 Å². The largest absolute Gasteiger partial charge is 0.508 e. The molecule has 0 atom stereocenters. The minimum absolute atomic E-state index is 0.0880. The van der Waals surface area contributed by atoms with E-state index in [0.717, 1.165) is 29.8 Å². The molecule has 0 aromatic heterocycles. The molecule has 4 nitrogen and oxygen atoms in total. The molecule has 0 bridgehead atoms. The first-order valence-electron chi connectivity index (χ1n) is 7.07. The molecular formula is C17H18N2O2. The summed E-state index contributed by atoms with van der Waals surface area (Å²) in [5, 5.41) is 9.80. The fourth-order valence-corrected chi connectivity index (χ4v) is 2.86. The third-order valence-electron chi connectivity index (χ3n) is 4.07. The third kappa shape index (κ3) is 2.23. The molecule has 3 N–H and O–H groups in total. The average molecular weight is 282 g/mol. The zero-order valence-corrected chi connectivity index (χ0v) is 12.0. The van der Waals surface area contributed by atoms with Gasteiger partial charge in [0.05, 0.1) is 0 Å². The second kappa shape index (κ2) is 5.13. The molecule has 3 rings (SSSR count). The molecule has 21 heavy (non-hydrogen) atoms. The monoisotopic (exact) mass is 282 g/mol. The van der Waals surface area contributed by atoms with Crippen molar-refractivity contribution in [2.75, 3.05) is 17.2 Å². The van der Waals surface area contributed by atoms with Crippen LogP contribution < -0.4 is 10.6 Å². The minimum atomic E-state index is -0.0880. The highest BCUT2D eigenvalue weighted by Crippen LogP contribution is 2.33. The number of benzene rings is 2. The molecule has 0 spiro atoms. The Hall–Kier alpha value is -2.49. The SMILES string of the molecule is Cc1c(O)cccc1C(=O)N1CCCc2c(N)cccc21. The van der Waals surface area contributed by atoms with Gasteiger partial charge in [-0.25, -0.2) is 0 Å². The summed E-state index contributed by atoms with van der Waals surface area (Å²) >= 11 is 0. The predicted octanol–water partition coefficient (Wildman–Crippen LogP) is 2.88. The molecule has 0 aliphatic carbocycles. The summed E-state index contributed by atoms with van der Waals surface area (Å²) in [5.41, 5.74) is 9.82. The lowest BCUT2D eigenvalue weighted by Gasteiger charge is -2.30. The van der Waals surface area contributed by atoms with Crippen molar-refractivity contribution in [3.05, 3.63) is 53.1 Å². The summed E-state index contributed by atoms with van der Waals surface area (Å²) in [6, 6.07) is 10.7. The van der Waals surface area contributed by atoms with Gasteiger partial charge in [0.2, 0.25) is 0 Å². The molecule has 1 aliphatic rings. The Bertz CT molecular complexity index is 710. The number of amides is 1. The van der Waals surface area contributed by atoms with Crippen molar-refractivity contribution >= 4 is 17.3 Å². The van der Waals surface area contributed by atoms with Crippen LogP contribution in [0.5, 0.6) is 5.75 Å². The van der Waals surface area contributed by atoms with E-state index in [2.05, 4.69) is 0 Å². The Morgan fingerprint density at radius 3 is 2.81 bits per heavy atom. The van der Waals surface area contributed by atoms with Gasteiger partial charge in [-0.1, -0.05) is 12.1 Å². The fraction of sp³-hybridized carbons (Fsp3) is 0.235. The van der Waals surface area contributed by atoms with Crippen molar-refractivity contribution in [2.24, 2.45) is 0 Å². The molecular weight excluding hydrogens is 264 g/mol. The van der Waals surface area contributed by atoms with Crippen LogP contribution in [0, 0.1) is 6.92 Å². The molecule has 1 aliphatic heterocycles. The number of carbonyl (C=O) groups is 1. The Balaban J connectivity index is 2.05. The van der Waals surface area contributed by atoms with E-state index in [1.165, 1.54) is 0 Å². The van der Waals surface area contributed by atoms with Crippen LogP contribution in [0.3, 0.4) is 0 Å². The summed E-state index contributed by atoms with van der Waals surface area (Å²) in [4.78, 5) is 14.6. The molecule has 2 aromatic rings. The number of aromatic hydroxyl groups is 1. The Labute approximate surface area is 123 Å². The fourth-order valence-electron chi connectivity index (χ4n) is 2.86. The van der Waals surface area contributed by atoms with Gasteiger partial charge in [-0.2, -0.15) is 0 Å². The smallest absolute Gasteiger partial charge is 0.258 e. The molecule has 0 radical (unpaired) electrons. The van der Waals surface area contributed by atoms with Gasteiger partial charge < -0.3 is 15.7 Å². The van der Waals surface area contributed by atoms with E-state index >= 15 is 0 Å². The van der Waals surface area contributed by atoms with E-state index in [-0.39, 0.29) is 11.7 Å². The lowest BCUT2D eigenvalue weighted by atomic mass is 9.98. The zero-order chi connectivity index (χ0) is 15.0. The minimum Gasteiger partial charge on any atom is -0.508 e. The van der Waals surface area contributed by atoms with Crippen LogP contribution in [0.25, 0.3) is 0 Å². The molecule has 0 saturated carbocycles. The van der Waals surface area contributed by atoms with Gasteiger partial charge >= 0.3 is 0 Å². The van der Waals surface area contributed by atoms with Crippen molar-refractivity contribution in [3.8, 4) is 5.75 Å². The van der Waals surface area contributed by atoms with E-state index in [1.54, 1.807) is 30.0 Å². The van der Waals surface area contributed by atoms with Crippen molar-refractivity contribution in [3.63, 3.8) is 0 Å². The number of hydrogen-bond donors (Lipinski definition) is 2. The highest BCUT2D eigenvalue weighted by Gasteiger charge is 2.25. The number of nitrogens with zero attached hydrogens (tertiary/aromatic N) is 1. The van der Waals surface area contributed by atoms with Crippen molar-refractivity contribution in [1.82, 2.24) is 0 Å². The van der Waals surface area contributed by atoms with Crippen LogP contribution in [0.15, 0.2) is 36.4 Å². The number of hydrogen-bond acceptors (Lipinski definition) is 3. The number of phenols is 1. The van der Waals surface area contributed by atoms with E-state index < -0.39 is 0 Å². The van der Waals surface area contributed by atoms with Gasteiger partial charge in [0.15, 0.2) is 0 Å². The van der Waals surface area contributed by atoms with E-state index in [0.29, 0.717) is 17.7 Å². The molecule has 108 valence electrons. The summed E-state index contributed by atoms with van der Waals surface area (Å²) in [7, 11) is 0. The highest BCUT2D eigenvalue weighted by atomic mass is 16.3. The maximum absolute atomic E-state index is 12.8. The summed E-state index contributed by atoms with van der Waals surface area (Å²) in [6.07, 6.45) is 1.79. The van der Waals surface area contributed by atoms with Crippen LogP contribution in [-0.2, 0) is 6.42 Å². The average Bonchev–Trinajstić information content (AvgIpc) is 2.49. The van der Waals surface area contributed by atoms with Crippen LogP contribution in [0.4, 0.5) is 11.4 Å². The van der Waals surface area contributed by atoms with Gasteiger partial charge in [-0.3, -0.25) is 4.79 Å². The predicted molar refractivity (Wildman–Crippen MR) is 83.7 cm³/mol. The quantitative estimate of drug-likeness (QED) is 0.790. The Morgan fingerprint density at radius 1 is 1.24 bits per heavy atom. The maximum atomic E-state index is 12.8. The van der Waals surface area contributed by atoms with Gasteiger partial charge in [0.25, 0.3) is 5.91 Å². The third-order valence-corrected chi connectivity index (χ3v) is 4.07. The Morgan fingerprint density at radius 2 is 2.00 bits per heavy atom. The van der Waals surface area contributed by atoms with Gasteiger partial charge in [-0.05, 0) is 49.6 Å². The number of nitrogens with two attached hydrogens (primary N) is 1. The first-order chi connectivity index (χ1) is 10.1. The summed E-state index contributed by atoms with van der Waals surface area (Å²) in [5.74, 6) is 0.0561. The maximum Gasteiger partial charge on any atom is 0.258 e. The van der Waals surface area contributed by atoms with Gasteiger partial charge in [-0.15, -0.1) is 0 Å². The molecule has 0 unspecified atom stereocenters. The summed E-state index contributed by atoms with van der Waals surface area (Å²) < 4.78 is 0. The molecule has 0 saturated heterocycles. The lowest BCUT2D eigenvalue weighted by Crippen LogP contribution is -2.36. The van der Waals surface area contributed by atoms with Crippen molar-refractivity contribution in [2.45, 2.75) is 19.8 Å². The zero-order valence-electron chi connectivity index (χ0n) is 12.0. The number of fused-ring (bicyclic) bond motifs is 1. The summed E-state index contributed by atoms with van der Waals surface area (Å²) in [6.45, 7) is 2.43. The van der Waals surface area contributed by atoms with Crippen LogP contribution in [0.2, 0.25) is 0 Å². The standard InChI is InChI=1S/C17H18N2O2/c1-11-12(5-2-9-16(11)20)17(21)19-10-4-6-13-14(18)7-3-8-15(13)19/h2-3,5,7-9,20H,4,6,10,18H2,1H3. The van der Waals surface area contributed by atoms with Crippen LogP contribution in [-0.4, -0.2) is 17.6 Å². The topological polar surface area (TPSA) is 66.6 Å². The molecule has 1 amide bonds. The first kappa shape index (κ1) is 13.5. The lowest BCUT2D eigenvalue weighted by molar-refractivity contribution is 0.0984. The number of rotatable bonds is 1. The first-order valence-corrected chi connectivity index (χ1v) is 7.07. The van der Waals surface area contributed by atoms with Gasteiger partial charge in [0.1, 0.15) is 5.75 Å². The molecule has 0 fully saturated rings. The van der Waals surface area contributed by atoms with Crippen molar-refractivity contribution < 1.29 is 9.90 Å². The number of carbonyl (C=O) groups excluding carboxylic acids is 1. The number of phenolic OH excluding ortho intramolecular Hbond substituents is 1. The normalized spacial score (nSPS) is 13.9. The number of anilines is 2. The van der Waals surface area contributed by atoms with E-state index in [1.807, 2.05) is 18.2 Å². The molecule has 1 heterocycles.